The van der Waals surface area contributed by atoms with Gasteiger partial charge in [0, 0.05) is 30.9 Å². The Morgan fingerprint density at radius 1 is 1.07 bits per heavy atom. The zero-order valence-corrected chi connectivity index (χ0v) is 16.4. The second-order valence-corrected chi connectivity index (χ2v) is 8.86. The third-order valence-corrected chi connectivity index (χ3v) is 6.96. The number of carbonyl (C=O) groups excluding carboxylic acids is 2. The van der Waals surface area contributed by atoms with E-state index in [2.05, 4.69) is 10.6 Å². The number of sulfonamides is 1. The molecule has 8 nitrogen and oxygen atoms in total. The Morgan fingerprint density at radius 2 is 1.76 bits per heavy atom. The van der Waals surface area contributed by atoms with Crippen molar-refractivity contribution in [3.05, 3.63) is 54.1 Å². The molecule has 0 aliphatic carbocycles. The summed E-state index contributed by atoms with van der Waals surface area (Å²) < 4.78 is 32.0. The molecule has 0 bridgehead atoms. The van der Waals surface area contributed by atoms with Crippen LogP contribution in [-0.4, -0.2) is 50.8 Å². The van der Waals surface area contributed by atoms with Crippen molar-refractivity contribution < 1.29 is 22.7 Å². The molecule has 1 unspecified atom stereocenters. The molecule has 1 fully saturated rings. The van der Waals surface area contributed by atoms with Crippen LogP contribution in [0, 0.1) is 0 Å². The van der Waals surface area contributed by atoms with Crippen LogP contribution in [0.5, 0.6) is 0 Å². The summed E-state index contributed by atoms with van der Waals surface area (Å²) in [6, 6.07) is 13.3. The van der Waals surface area contributed by atoms with Crippen molar-refractivity contribution in [2.75, 3.05) is 36.9 Å². The number of nitrogens with zero attached hydrogens (tertiary/aromatic N) is 1. The molecule has 2 aliphatic rings. The number of nitrogens with one attached hydrogen (secondary N) is 2. The zero-order valence-electron chi connectivity index (χ0n) is 15.6. The minimum Gasteiger partial charge on any atom is -0.379 e. The van der Waals surface area contributed by atoms with E-state index in [1.807, 2.05) is 12.1 Å². The summed E-state index contributed by atoms with van der Waals surface area (Å²) in [6.07, 6.45) is 0.0618. The lowest BCUT2D eigenvalue weighted by Crippen LogP contribution is -2.40. The van der Waals surface area contributed by atoms with Crippen molar-refractivity contribution in [2.45, 2.75) is 17.2 Å². The van der Waals surface area contributed by atoms with Crippen molar-refractivity contribution in [3.63, 3.8) is 0 Å². The largest absolute Gasteiger partial charge is 0.379 e. The minimum absolute atomic E-state index is 0.0618. The van der Waals surface area contributed by atoms with Crippen LogP contribution in [0.1, 0.15) is 17.9 Å². The maximum atomic E-state index is 12.8. The topological polar surface area (TPSA) is 105 Å². The van der Waals surface area contributed by atoms with Crippen LogP contribution < -0.4 is 10.6 Å². The third kappa shape index (κ3) is 4.02. The maximum Gasteiger partial charge on any atom is 0.243 e. The number of rotatable bonds is 4. The predicted octanol–water partition coefficient (Wildman–Crippen LogP) is 1.77. The normalized spacial score (nSPS) is 19.9. The molecule has 2 aromatic carbocycles. The lowest BCUT2D eigenvalue weighted by atomic mass is 9.90. The van der Waals surface area contributed by atoms with Crippen LogP contribution in [0.4, 0.5) is 11.4 Å². The molecule has 2 N–H and O–H groups in total. The number of para-hydroxylation sites is 1. The van der Waals surface area contributed by atoms with Gasteiger partial charge in [0.15, 0.2) is 0 Å². The van der Waals surface area contributed by atoms with Gasteiger partial charge in [-0.15, -0.1) is 0 Å². The SMILES string of the molecule is O=C1CC(C(=O)Nc2ccc(S(=O)(=O)N3CCOCC3)cc2)c2ccccc2N1. The maximum absolute atomic E-state index is 12.8. The smallest absolute Gasteiger partial charge is 0.243 e. The van der Waals surface area contributed by atoms with E-state index in [-0.39, 0.29) is 23.1 Å². The molecule has 0 aromatic heterocycles. The van der Waals surface area contributed by atoms with Crippen LogP contribution in [0.25, 0.3) is 0 Å². The quantitative estimate of drug-likeness (QED) is 0.792. The minimum atomic E-state index is -3.59. The molecule has 2 amide bonds. The van der Waals surface area contributed by atoms with E-state index in [1.165, 1.54) is 16.4 Å². The Morgan fingerprint density at radius 3 is 2.48 bits per heavy atom. The fraction of sp³-hybridized carbons (Fsp3) is 0.300. The van der Waals surface area contributed by atoms with Crippen molar-refractivity contribution >= 4 is 33.2 Å². The Kier molecular flexibility index (Phi) is 5.35. The first-order chi connectivity index (χ1) is 13.9. The highest BCUT2D eigenvalue weighted by Crippen LogP contribution is 2.33. The van der Waals surface area contributed by atoms with Crippen molar-refractivity contribution in [1.82, 2.24) is 4.31 Å². The summed E-state index contributed by atoms with van der Waals surface area (Å²) in [5.74, 6) is -1.12. The number of benzene rings is 2. The molecule has 152 valence electrons. The molecule has 1 saturated heterocycles. The Balaban J connectivity index is 1.49. The molecule has 0 spiro atoms. The second-order valence-electron chi connectivity index (χ2n) is 6.92. The lowest BCUT2D eigenvalue weighted by Gasteiger charge is -2.26. The molecule has 2 aromatic rings. The van der Waals surface area contributed by atoms with Gasteiger partial charge in [-0.2, -0.15) is 4.31 Å². The first kappa shape index (κ1) is 19.6. The van der Waals surface area contributed by atoms with Gasteiger partial charge >= 0.3 is 0 Å². The van der Waals surface area contributed by atoms with E-state index in [0.29, 0.717) is 37.7 Å². The highest BCUT2D eigenvalue weighted by molar-refractivity contribution is 7.89. The molecule has 1 atom stereocenters. The summed E-state index contributed by atoms with van der Waals surface area (Å²) in [6.45, 7) is 1.40. The Labute approximate surface area is 168 Å². The monoisotopic (exact) mass is 415 g/mol. The number of ether oxygens (including phenoxy) is 1. The van der Waals surface area contributed by atoms with E-state index in [9.17, 15) is 18.0 Å². The van der Waals surface area contributed by atoms with Gasteiger partial charge in [0.25, 0.3) is 0 Å². The number of morpholine rings is 1. The van der Waals surface area contributed by atoms with Crippen molar-refractivity contribution in [3.8, 4) is 0 Å². The fourth-order valence-corrected chi connectivity index (χ4v) is 4.93. The highest BCUT2D eigenvalue weighted by atomic mass is 32.2. The van der Waals surface area contributed by atoms with Gasteiger partial charge in [-0.25, -0.2) is 8.42 Å². The van der Waals surface area contributed by atoms with Crippen LogP contribution >= 0.6 is 0 Å². The van der Waals surface area contributed by atoms with E-state index in [4.69, 9.17) is 4.74 Å². The van der Waals surface area contributed by atoms with Crippen LogP contribution in [-0.2, 0) is 24.3 Å². The predicted molar refractivity (Wildman–Crippen MR) is 107 cm³/mol. The number of carbonyl (C=O) groups is 2. The summed E-state index contributed by atoms with van der Waals surface area (Å²) >= 11 is 0. The van der Waals surface area contributed by atoms with Gasteiger partial charge in [-0.05, 0) is 35.9 Å². The van der Waals surface area contributed by atoms with E-state index < -0.39 is 15.9 Å². The average Bonchev–Trinajstić information content (AvgIpc) is 2.74. The standard InChI is InChI=1S/C20H21N3O5S/c24-19-13-17(16-3-1-2-4-18(16)22-19)20(25)21-14-5-7-15(8-6-14)29(26,27)23-9-11-28-12-10-23/h1-8,17H,9-13H2,(H,21,25)(H,22,24). The van der Waals surface area contributed by atoms with Gasteiger partial charge in [-0.3, -0.25) is 9.59 Å². The van der Waals surface area contributed by atoms with E-state index in [0.717, 1.165) is 5.56 Å². The molecule has 0 radical (unpaired) electrons. The van der Waals surface area contributed by atoms with Gasteiger partial charge in [-0.1, -0.05) is 18.2 Å². The number of amides is 2. The molecule has 29 heavy (non-hydrogen) atoms. The van der Waals surface area contributed by atoms with Crippen molar-refractivity contribution in [2.24, 2.45) is 0 Å². The van der Waals surface area contributed by atoms with E-state index in [1.54, 1.807) is 24.3 Å². The second kappa shape index (κ2) is 7.94. The van der Waals surface area contributed by atoms with Crippen molar-refractivity contribution in [1.29, 1.82) is 0 Å². The van der Waals surface area contributed by atoms with Crippen LogP contribution in [0.15, 0.2) is 53.4 Å². The first-order valence-corrected chi connectivity index (χ1v) is 10.8. The first-order valence-electron chi connectivity index (χ1n) is 9.33. The number of fused-ring (bicyclic) bond motifs is 1. The van der Waals surface area contributed by atoms with E-state index >= 15 is 0 Å². The Bertz CT molecular complexity index is 1030. The van der Waals surface area contributed by atoms with Crippen LogP contribution in [0.3, 0.4) is 0 Å². The number of anilines is 2. The summed E-state index contributed by atoms with van der Waals surface area (Å²) in [7, 11) is -3.59. The van der Waals surface area contributed by atoms with Gasteiger partial charge in [0.05, 0.1) is 24.0 Å². The average molecular weight is 415 g/mol. The molecular formula is C20H21N3O5S. The van der Waals surface area contributed by atoms with Gasteiger partial charge < -0.3 is 15.4 Å². The summed E-state index contributed by atoms with van der Waals surface area (Å²) in [5, 5.41) is 5.55. The molecule has 0 saturated carbocycles. The molecule has 2 aliphatic heterocycles. The molecule has 4 rings (SSSR count). The fourth-order valence-electron chi connectivity index (χ4n) is 3.52. The lowest BCUT2D eigenvalue weighted by molar-refractivity contribution is -0.123. The molecular weight excluding hydrogens is 394 g/mol. The number of hydrogen-bond acceptors (Lipinski definition) is 5. The molecule has 9 heteroatoms. The summed E-state index contributed by atoms with van der Waals surface area (Å²) in [4.78, 5) is 24.9. The Hall–Kier alpha value is -2.75. The van der Waals surface area contributed by atoms with Crippen LogP contribution in [0.2, 0.25) is 0 Å². The van der Waals surface area contributed by atoms with Gasteiger partial charge in [0.1, 0.15) is 0 Å². The van der Waals surface area contributed by atoms with Gasteiger partial charge in [0.2, 0.25) is 21.8 Å². The summed E-state index contributed by atoms with van der Waals surface area (Å²) in [5.41, 5.74) is 1.87. The molecule has 2 heterocycles. The highest BCUT2D eigenvalue weighted by Gasteiger charge is 2.31. The zero-order chi connectivity index (χ0) is 20.4. The third-order valence-electron chi connectivity index (χ3n) is 5.05. The number of hydrogen-bond donors (Lipinski definition) is 2.